The number of hydrogen-bond acceptors (Lipinski definition) is 4. The van der Waals surface area contributed by atoms with Gasteiger partial charge in [0.25, 0.3) is 5.91 Å². The maximum Gasteiger partial charge on any atom is 0.254 e. The fourth-order valence-corrected chi connectivity index (χ4v) is 2.66. The number of aromatic nitrogens is 2. The Morgan fingerprint density at radius 1 is 1.33 bits per heavy atom. The van der Waals surface area contributed by atoms with Gasteiger partial charge in [-0.05, 0) is 30.9 Å². The minimum Gasteiger partial charge on any atom is -0.352 e. The van der Waals surface area contributed by atoms with Gasteiger partial charge in [0.2, 0.25) is 5.95 Å². The van der Waals surface area contributed by atoms with Crippen LogP contribution in [-0.2, 0) is 6.67 Å². The Hall–Kier alpha value is -2.21. The van der Waals surface area contributed by atoms with Gasteiger partial charge in [-0.2, -0.15) is 0 Å². The minimum absolute atomic E-state index is 0.0608. The third kappa shape index (κ3) is 3.82. The van der Waals surface area contributed by atoms with Gasteiger partial charge >= 0.3 is 0 Å². The Kier molecular flexibility index (Phi) is 5.25. The molecule has 1 aromatic carbocycles. The van der Waals surface area contributed by atoms with Crippen LogP contribution in [0.2, 0.25) is 5.02 Å². The lowest BCUT2D eigenvalue weighted by atomic mass is 9.85. The van der Waals surface area contributed by atoms with Crippen LogP contribution < -0.4 is 10.6 Å². The Morgan fingerprint density at radius 2 is 2.12 bits per heavy atom. The van der Waals surface area contributed by atoms with Crippen molar-refractivity contribution in [2.24, 2.45) is 5.92 Å². The van der Waals surface area contributed by atoms with E-state index in [0.29, 0.717) is 23.2 Å². The van der Waals surface area contributed by atoms with Gasteiger partial charge in [0.1, 0.15) is 6.67 Å². The molecule has 0 radical (unpaired) electrons. The van der Waals surface area contributed by atoms with E-state index in [1.165, 1.54) is 12.6 Å². The van der Waals surface area contributed by atoms with Crippen molar-refractivity contribution in [1.29, 1.82) is 0 Å². The second kappa shape index (κ2) is 7.57. The molecule has 3 rings (SSSR count). The van der Waals surface area contributed by atoms with Gasteiger partial charge in [-0.25, -0.2) is 14.4 Å². The van der Waals surface area contributed by atoms with E-state index in [4.69, 9.17) is 11.6 Å². The van der Waals surface area contributed by atoms with Crippen molar-refractivity contribution < 1.29 is 9.18 Å². The van der Waals surface area contributed by atoms with Gasteiger partial charge in [-0.15, -0.1) is 0 Å². The first-order valence-electron chi connectivity index (χ1n) is 7.89. The van der Waals surface area contributed by atoms with Crippen LogP contribution in [-0.4, -0.2) is 22.4 Å². The van der Waals surface area contributed by atoms with E-state index in [-0.39, 0.29) is 23.1 Å². The topological polar surface area (TPSA) is 66.9 Å². The van der Waals surface area contributed by atoms with E-state index in [2.05, 4.69) is 20.6 Å². The molecule has 1 aliphatic rings. The van der Waals surface area contributed by atoms with Crippen molar-refractivity contribution in [2.45, 2.75) is 25.9 Å². The van der Waals surface area contributed by atoms with Crippen LogP contribution in [0.25, 0.3) is 0 Å². The molecule has 7 heteroatoms. The fourth-order valence-electron chi connectivity index (χ4n) is 2.48. The van der Waals surface area contributed by atoms with Crippen LogP contribution in [0.5, 0.6) is 0 Å². The molecule has 2 N–H and O–H groups in total. The highest BCUT2D eigenvalue weighted by molar-refractivity contribution is 6.33. The molecule has 0 spiro atoms. The summed E-state index contributed by atoms with van der Waals surface area (Å²) in [4.78, 5) is 20.4. The van der Waals surface area contributed by atoms with Crippen molar-refractivity contribution in [1.82, 2.24) is 15.3 Å². The Bertz CT molecular complexity index is 736. The zero-order valence-corrected chi connectivity index (χ0v) is 13.8. The standard InChI is InChI=1S/C17H18ClFN4O/c18-13-6-1-2-7-14(13)22-17-21-10-12(15(8-19)23-17)16(24)20-9-11-4-3-5-11/h1-2,6-7,10-11H,3-5,8-9H2,(H,20,24)(H,21,22,23). The summed E-state index contributed by atoms with van der Waals surface area (Å²) < 4.78 is 13.3. The van der Waals surface area contributed by atoms with Crippen LogP contribution >= 0.6 is 11.6 Å². The summed E-state index contributed by atoms with van der Waals surface area (Å²) in [6, 6.07) is 7.10. The summed E-state index contributed by atoms with van der Waals surface area (Å²) in [5.41, 5.74) is 0.846. The number of benzene rings is 1. The van der Waals surface area contributed by atoms with Crippen molar-refractivity contribution in [3.8, 4) is 0 Å². The first-order valence-corrected chi connectivity index (χ1v) is 8.27. The van der Waals surface area contributed by atoms with Crippen LogP contribution in [0.4, 0.5) is 16.0 Å². The van der Waals surface area contributed by atoms with Gasteiger partial charge < -0.3 is 10.6 Å². The van der Waals surface area contributed by atoms with E-state index in [9.17, 15) is 9.18 Å². The molecule has 126 valence electrons. The maximum atomic E-state index is 13.3. The average molecular weight is 349 g/mol. The lowest BCUT2D eigenvalue weighted by Crippen LogP contribution is -2.33. The Morgan fingerprint density at radius 3 is 2.79 bits per heavy atom. The maximum absolute atomic E-state index is 13.3. The molecule has 1 saturated carbocycles. The molecule has 0 saturated heterocycles. The summed E-state index contributed by atoms with van der Waals surface area (Å²) >= 11 is 6.06. The van der Waals surface area contributed by atoms with Gasteiger partial charge in [-0.3, -0.25) is 4.79 Å². The third-order valence-corrected chi connectivity index (χ3v) is 4.46. The number of halogens is 2. The highest BCUT2D eigenvalue weighted by Gasteiger charge is 2.20. The van der Waals surface area contributed by atoms with Gasteiger partial charge in [0.15, 0.2) is 0 Å². The molecule has 0 unspecified atom stereocenters. The zero-order chi connectivity index (χ0) is 16.9. The number of rotatable bonds is 6. The van der Waals surface area contributed by atoms with Gasteiger partial charge in [0.05, 0.1) is 22.0 Å². The molecule has 0 atom stereocenters. The average Bonchev–Trinajstić information content (AvgIpc) is 2.55. The summed E-state index contributed by atoms with van der Waals surface area (Å²) in [6.07, 6.45) is 4.82. The SMILES string of the molecule is O=C(NCC1CCC1)c1cnc(Nc2ccccc2Cl)nc1CF. The van der Waals surface area contributed by atoms with Crippen LogP contribution in [0, 0.1) is 5.92 Å². The van der Waals surface area contributed by atoms with E-state index in [0.717, 1.165) is 12.8 Å². The summed E-state index contributed by atoms with van der Waals surface area (Å²) in [5, 5.41) is 6.26. The number of carbonyl (C=O) groups excluding carboxylic acids is 1. The van der Waals surface area contributed by atoms with Crippen molar-refractivity contribution in [2.75, 3.05) is 11.9 Å². The van der Waals surface area contributed by atoms with Gasteiger partial charge in [-0.1, -0.05) is 30.2 Å². The fraction of sp³-hybridized carbons (Fsp3) is 0.353. The Labute approximate surface area is 144 Å². The first kappa shape index (κ1) is 16.6. The molecule has 1 aromatic heterocycles. The van der Waals surface area contributed by atoms with E-state index in [1.54, 1.807) is 18.2 Å². The molecule has 0 bridgehead atoms. The smallest absolute Gasteiger partial charge is 0.254 e. The van der Waals surface area contributed by atoms with E-state index < -0.39 is 6.67 Å². The lowest BCUT2D eigenvalue weighted by Gasteiger charge is -2.25. The second-order valence-corrected chi connectivity index (χ2v) is 6.21. The number of para-hydroxylation sites is 1. The number of alkyl halides is 1. The van der Waals surface area contributed by atoms with Gasteiger partial charge in [0, 0.05) is 12.7 Å². The zero-order valence-electron chi connectivity index (χ0n) is 13.1. The third-order valence-electron chi connectivity index (χ3n) is 4.14. The van der Waals surface area contributed by atoms with Crippen LogP contribution in [0.3, 0.4) is 0 Å². The molecule has 0 aliphatic heterocycles. The number of carbonyl (C=O) groups is 1. The molecule has 1 heterocycles. The molecule has 2 aromatic rings. The number of nitrogens with zero attached hydrogens (tertiary/aromatic N) is 2. The van der Waals surface area contributed by atoms with E-state index in [1.807, 2.05) is 6.07 Å². The first-order chi connectivity index (χ1) is 11.7. The summed E-state index contributed by atoms with van der Waals surface area (Å²) in [5.74, 6) is 0.398. The molecule has 1 amide bonds. The Balaban J connectivity index is 1.72. The van der Waals surface area contributed by atoms with E-state index >= 15 is 0 Å². The molecule has 24 heavy (non-hydrogen) atoms. The minimum atomic E-state index is -0.841. The predicted octanol–water partition coefficient (Wildman–Crippen LogP) is 3.87. The quantitative estimate of drug-likeness (QED) is 0.831. The highest BCUT2D eigenvalue weighted by Crippen LogP contribution is 2.26. The molecule has 1 fully saturated rings. The lowest BCUT2D eigenvalue weighted by molar-refractivity contribution is 0.0936. The normalized spacial score (nSPS) is 14.1. The number of hydrogen-bond donors (Lipinski definition) is 2. The summed E-state index contributed by atoms with van der Waals surface area (Å²) in [7, 11) is 0. The van der Waals surface area contributed by atoms with Crippen molar-refractivity contribution in [3.05, 3.63) is 46.7 Å². The van der Waals surface area contributed by atoms with Crippen LogP contribution in [0.1, 0.15) is 35.3 Å². The number of amides is 1. The largest absolute Gasteiger partial charge is 0.352 e. The number of nitrogens with one attached hydrogen (secondary N) is 2. The molecule has 1 aliphatic carbocycles. The molecular weight excluding hydrogens is 331 g/mol. The second-order valence-electron chi connectivity index (χ2n) is 5.80. The number of anilines is 2. The van der Waals surface area contributed by atoms with Crippen molar-refractivity contribution >= 4 is 29.1 Å². The molecular formula is C17H18ClFN4O. The monoisotopic (exact) mass is 348 g/mol. The molecule has 5 nitrogen and oxygen atoms in total. The summed E-state index contributed by atoms with van der Waals surface area (Å²) in [6.45, 7) is -0.226. The predicted molar refractivity (Wildman–Crippen MR) is 91.3 cm³/mol. The highest BCUT2D eigenvalue weighted by atomic mass is 35.5. The van der Waals surface area contributed by atoms with Crippen molar-refractivity contribution in [3.63, 3.8) is 0 Å². The van der Waals surface area contributed by atoms with Crippen LogP contribution in [0.15, 0.2) is 30.5 Å².